The van der Waals surface area contributed by atoms with Crippen LogP contribution in [0.3, 0.4) is 0 Å². The lowest BCUT2D eigenvalue weighted by Crippen LogP contribution is -2.13. The standard InChI is InChI=1S/C16H15BrN2O/c17-12-2-1-3-15(10-12)18-13-6-8-14(9-7-13)19-16(20)11-4-5-11/h1-3,6-11,18H,4-5H2,(H,19,20). The molecule has 0 atom stereocenters. The Morgan fingerprint density at radius 2 is 1.70 bits per heavy atom. The van der Waals surface area contributed by atoms with Crippen LogP contribution in [0.1, 0.15) is 12.8 Å². The maximum Gasteiger partial charge on any atom is 0.227 e. The first-order valence-electron chi connectivity index (χ1n) is 6.64. The quantitative estimate of drug-likeness (QED) is 0.863. The zero-order valence-corrected chi connectivity index (χ0v) is 12.5. The van der Waals surface area contributed by atoms with E-state index < -0.39 is 0 Å². The lowest BCUT2D eigenvalue weighted by Gasteiger charge is -2.08. The molecule has 0 heterocycles. The number of nitrogens with one attached hydrogen (secondary N) is 2. The predicted octanol–water partition coefficient (Wildman–Crippen LogP) is 4.54. The number of carbonyl (C=O) groups is 1. The molecular formula is C16H15BrN2O. The van der Waals surface area contributed by atoms with Gasteiger partial charge in [0.05, 0.1) is 0 Å². The van der Waals surface area contributed by atoms with Crippen LogP contribution in [0.2, 0.25) is 0 Å². The van der Waals surface area contributed by atoms with Gasteiger partial charge in [-0.1, -0.05) is 22.0 Å². The molecule has 3 nitrogen and oxygen atoms in total. The second kappa shape index (κ2) is 5.67. The SMILES string of the molecule is O=C(Nc1ccc(Nc2cccc(Br)c2)cc1)C1CC1. The molecule has 1 saturated carbocycles. The lowest BCUT2D eigenvalue weighted by atomic mass is 10.2. The molecule has 2 aromatic rings. The van der Waals surface area contributed by atoms with Gasteiger partial charge in [0.15, 0.2) is 0 Å². The van der Waals surface area contributed by atoms with E-state index in [1.807, 2.05) is 48.5 Å². The number of amides is 1. The molecule has 0 unspecified atom stereocenters. The Morgan fingerprint density at radius 3 is 2.35 bits per heavy atom. The highest BCUT2D eigenvalue weighted by atomic mass is 79.9. The third kappa shape index (κ3) is 3.39. The van der Waals surface area contributed by atoms with Gasteiger partial charge in [0.25, 0.3) is 0 Å². The second-order valence-corrected chi connectivity index (χ2v) is 5.89. The van der Waals surface area contributed by atoms with E-state index in [0.717, 1.165) is 34.4 Å². The Kier molecular flexibility index (Phi) is 3.74. The molecule has 1 fully saturated rings. The van der Waals surface area contributed by atoms with Crippen molar-refractivity contribution in [3.8, 4) is 0 Å². The van der Waals surface area contributed by atoms with Crippen LogP contribution in [0.15, 0.2) is 53.0 Å². The molecule has 1 aliphatic rings. The van der Waals surface area contributed by atoms with Crippen LogP contribution in [-0.4, -0.2) is 5.91 Å². The first-order valence-corrected chi connectivity index (χ1v) is 7.43. The molecule has 0 radical (unpaired) electrons. The molecule has 2 aromatic carbocycles. The maximum atomic E-state index is 11.7. The molecule has 2 N–H and O–H groups in total. The average Bonchev–Trinajstić information content (AvgIpc) is 3.25. The summed E-state index contributed by atoms with van der Waals surface area (Å²) in [5.74, 6) is 0.368. The number of benzene rings is 2. The minimum absolute atomic E-state index is 0.137. The van der Waals surface area contributed by atoms with E-state index in [4.69, 9.17) is 0 Å². The Labute approximate surface area is 126 Å². The minimum Gasteiger partial charge on any atom is -0.355 e. The zero-order valence-electron chi connectivity index (χ0n) is 10.9. The fourth-order valence-corrected chi connectivity index (χ4v) is 2.36. The van der Waals surface area contributed by atoms with E-state index >= 15 is 0 Å². The van der Waals surface area contributed by atoms with Gasteiger partial charge in [-0.15, -0.1) is 0 Å². The minimum atomic E-state index is 0.137. The van der Waals surface area contributed by atoms with Crippen molar-refractivity contribution in [2.24, 2.45) is 5.92 Å². The van der Waals surface area contributed by atoms with Gasteiger partial charge in [-0.25, -0.2) is 0 Å². The molecule has 102 valence electrons. The van der Waals surface area contributed by atoms with Crippen molar-refractivity contribution in [1.29, 1.82) is 0 Å². The normalized spacial score (nSPS) is 13.8. The number of hydrogen-bond donors (Lipinski definition) is 2. The molecule has 0 aromatic heterocycles. The smallest absolute Gasteiger partial charge is 0.227 e. The van der Waals surface area contributed by atoms with Crippen LogP contribution in [0.4, 0.5) is 17.1 Å². The van der Waals surface area contributed by atoms with Crippen LogP contribution in [0.5, 0.6) is 0 Å². The van der Waals surface area contributed by atoms with Crippen molar-refractivity contribution < 1.29 is 4.79 Å². The summed E-state index contributed by atoms with van der Waals surface area (Å²) >= 11 is 3.45. The second-order valence-electron chi connectivity index (χ2n) is 4.98. The van der Waals surface area contributed by atoms with Crippen LogP contribution >= 0.6 is 15.9 Å². The molecule has 0 bridgehead atoms. The van der Waals surface area contributed by atoms with Crippen LogP contribution < -0.4 is 10.6 Å². The van der Waals surface area contributed by atoms with Crippen molar-refractivity contribution >= 4 is 38.9 Å². The summed E-state index contributed by atoms with van der Waals surface area (Å²) < 4.78 is 1.04. The van der Waals surface area contributed by atoms with Gasteiger partial charge in [-0.3, -0.25) is 4.79 Å². The number of carbonyl (C=O) groups excluding carboxylic acids is 1. The number of anilines is 3. The Hall–Kier alpha value is -1.81. The van der Waals surface area contributed by atoms with Gasteiger partial charge in [0, 0.05) is 27.5 Å². The fourth-order valence-electron chi connectivity index (χ4n) is 1.96. The summed E-state index contributed by atoms with van der Waals surface area (Å²) in [4.78, 5) is 11.7. The van der Waals surface area contributed by atoms with E-state index in [-0.39, 0.29) is 11.8 Å². The Bertz CT molecular complexity index is 621. The largest absolute Gasteiger partial charge is 0.355 e. The Balaban J connectivity index is 1.65. The molecule has 0 spiro atoms. The van der Waals surface area contributed by atoms with Gasteiger partial charge in [0.1, 0.15) is 0 Å². The zero-order chi connectivity index (χ0) is 13.9. The predicted molar refractivity (Wildman–Crippen MR) is 85.2 cm³/mol. The fraction of sp³-hybridized carbons (Fsp3) is 0.188. The average molecular weight is 331 g/mol. The molecule has 20 heavy (non-hydrogen) atoms. The topological polar surface area (TPSA) is 41.1 Å². The molecule has 4 heteroatoms. The van der Waals surface area contributed by atoms with Gasteiger partial charge >= 0.3 is 0 Å². The number of hydrogen-bond acceptors (Lipinski definition) is 2. The molecule has 1 amide bonds. The highest BCUT2D eigenvalue weighted by Crippen LogP contribution is 2.30. The molecular weight excluding hydrogens is 316 g/mol. The van der Waals surface area contributed by atoms with E-state index in [1.54, 1.807) is 0 Å². The first-order chi connectivity index (χ1) is 9.70. The summed E-state index contributed by atoms with van der Waals surface area (Å²) in [6, 6.07) is 15.8. The molecule has 0 saturated heterocycles. The third-order valence-electron chi connectivity index (χ3n) is 3.21. The monoisotopic (exact) mass is 330 g/mol. The summed E-state index contributed by atoms with van der Waals surface area (Å²) in [5, 5.41) is 6.25. The Morgan fingerprint density at radius 1 is 1.00 bits per heavy atom. The van der Waals surface area contributed by atoms with Crippen molar-refractivity contribution in [2.75, 3.05) is 10.6 Å². The van der Waals surface area contributed by atoms with Crippen molar-refractivity contribution in [2.45, 2.75) is 12.8 Å². The van der Waals surface area contributed by atoms with E-state index in [9.17, 15) is 4.79 Å². The van der Waals surface area contributed by atoms with Crippen LogP contribution in [0, 0.1) is 5.92 Å². The lowest BCUT2D eigenvalue weighted by molar-refractivity contribution is -0.117. The number of rotatable bonds is 4. The van der Waals surface area contributed by atoms with E-state index in [0.29, 0.717) is 0 Å². The van der Waals surface area contributed by atoms with Crippen molar-refractivity contribution in [3.05, 3.63) is 53.0 Å². The van der Waals surface area contributed by atoms with Gasteiger partial charge in [0.2, 0.25) is 5.91 Å². The summed E-state index contributed by atoms with van der Waals surface area (Å²) in [6.07, 6.45) is 2.04. The van der Waals surface area contributed by atoms with Gasteiger partial charge in [-0.05, 0) is 55.3 Å². The summed E-state index contributed by atoms with van der Waals surface area (Å²) in [7, 11) is 0. The van der Waals surface area contributed by atoms with Crippen molar-refractivity contribution in [3.63, 3.8) is 0 Å². The molecule has 1 aliphatic carbocycles. The van der Waals surface area contributed by atoms with E-state index in [2.05, 4.69) is 26.6 Å². The maximum absolute atomic E-state index is 11.7. The molecule has 0 aliphatic heterocycles. The summed E-state index contributed by atoms with van der Waals surface area (Å²) in [5.41, 5.74) is 2.86. The first kappa shape index (κ1) is 13.2. The van der Waals surface area contributed by atoms with Gasteiger partial charge in [-0.2, -0.15) is 0 Å². The highest BCUT2D eigenvalue weighted by molar-refractivity contribution is 9.10. The summed E-state index contributed by atoms with van der Waals surface area (Å²) in [6.45, 7) is 0. The number of halogens is 1. The third-order valence-corrected chi connectivity index (χ3v) is 3.71. The highest BCUT2D eigenvalue weighted by Gasteiger charge is 2.29. The van der Waals surface area contributed by atoms with Crippen LogP contribution in [0.25, 0.3) is 0 Å². The van der Waals surface area contributed by atoms with Crippen LogP contribution in [-0.2, 0) is 4.79 Å². The van der Waals surface area contributed by atoms with E-state index in [1.165, 1.54) is 0 Å². The molecule has 3 rings (SSSR count). The van der Waals surface area contributed by atoms with Gasteiger partial charge < -0.3 is 10.6 Å². The van der Waals surface area contributed by atoms with Crippen molar-refractivity contribution in [1.82, 2.24) is 0 Å².